The summed E-state index contributed by atoms with van der Waals surface area (Å²) >= 11 is 0. The fraction of sp³-hybridized carbons (Fsp3) is 0.455. The molecule has 0 heterocycles. The van der Waals surface area contributed by atoms with E-state index in [1.54, 1.807) is 12.1 Å². The number of hydrogen-bond acceptors (Lipinski definition) is 5. The monoisotopic (exact) mass is 237 g/mol. The van der Waals surface area contributed by atoms with Crippen LogP contribution in [-0.4, -0.2) is 22.7 Å². The molecule has 0 saturated heterocycles. The summed E-state index contributed by atoms with van der Waals surface area (Å²) < 4.78 is 0. The van der Waals surface area contributed by atoms with Crippen LogP contribution in [0.3, 0.4) is 0 Å². The average molecular weight is 237 g/mol. The second-order valence-electron chi connectivity index (χ2n) is 4.40. The number of nitrogens with zero attached hydrogens (tertiary/aromatic N) is 1. The van der Waals surface area contributed by atoms with Crippen molar-refractivity contribution in [1.82, 2.24) is 0 Å². The van der Waals surface area contributed by atoms with Crippen molar-refractivity contribution in [1.29, 1.82) is 0 Å². The molecule has 17 heavy (non-hydrogen) atoms. The Hall–Kier alpha value is -1.82. The molecule has 0 amide bonds. The second kappa shape index (κ2) is 4.58. The van der Waals surface area contributed by atoms with Gasteiger partial charge in [0.05, 0.1) is 11.0 Å². The van der Waals surface area contributed by atoms with Crippen molar-refractivity contribution in [3.05, 3.63) is 28.3 Å². The molecule has 1 aliphatic rings. The first-order chi connectivity index (χ1) is 8.06. The lowest BCUT2D eigenvalue weighted by atomic mass is 9.82. The van der Waals surface area contributed by atoms with Gasteiger partial charge in [0.15, 0.2) is 0 Å². The minimum atomic E-state index is -0.499. The van der Waals surface area contributed by atoms with Crippen LogP contribution in [0.4, 0.5) is 17.1 Å². The molecule has 0 aliphatic heterocycles. The van der Waals surface area contributed by atoms with Crippen LogP contribution in [0, 0.1) is 16.0 Å². The number of rotatable bonds is 4. The minimum absolute atomic E-state index is 0.0744. The van der Waals surface area contributed by atoms with E-state index in [0.717, 1.165) is 25.1 Å². The van der Waals surface area contributed by atoms with Crippen LogP contribution in [0.25, 0.3) is 0 Å². The lowest BCUT2D eigenvalue weighted by molar-refractivity contribution is -0.383. The van der Waals surface area contributed by atoms with Crippen molar-refractivity contribution >= 4 is 17.1 Å². The molecule has 1 aromatic rings. The number of nitrogens with two attached hydrogens (primary N) is 1. The van der Waals surface area contributed by atoms with Crippen molar-refractivity contribution in [3.63, 3.8) is 0 Å². The molecule has 1 aliphatic carbocycles. The summed E-state index contributed by atoms with van der Waals surface area (Å²) in [5.74, 6) is 0.474. The molecule has 1 aromatic carbocycles. The summed E-state index contributed by atoms with van der Waals surface area (Å²) in [6.45, 7) is 0.758. The van der Waals surface area contributed by atoms with Crippen molar-refractivity contribution < 1.29 is 10.0 Å². The van der Waals surface area contributed by atoms with Gasteiger partial charge in [0.2, 0.25) is 0 Å². The Kier molecular flexibility index (Phi) is 3.14. The summed E-state index contributed by atoms with van der Waals surface area (Å²) in [7, 11) is 0. The maximum Gasteiger partial charge on any atom is 0.292 e. The van der Waals surface area contributed by atoms with E-state index in [2.05, 4.69) is 5.32 Å². The van der Waals surface area contributed by atoms with Gasteiger partial charge in [-0.05, 0) is 30.9 Å². The van der Waals surface area contributed by atoms with Crippen LogP contribution >= 0.6 is 0 Å². The predicted molar refractivity (Wildman–Crippen MR) is 64.7 cm³/mol. The molecule has 0 radical (unpaired) electrons. The van der Waals surface area contributed by atoms with E-state index >= 15 is 0 Å². The normalized spacial score (nSPS) is 22.9. The van der Waals surface area contributed by atoms with Gasteiger partial charge in [-0.25, -0.2) is 0 Å². The largest absolute Gasteiger partial charge is 0.393 e. The molecular weight excluding hydrogens is 222 g/mol. The van der Waals surface area contributed by atoms with E-state index in [4.69, 9.17) is 10.8 Å². The molecule has 0 spiro atoms. The number of benzene rings is 1. The van der Waals surface area contributed by atoms with Gasteiger partial charge in [0.25, 0.3) is 5.69 Å². The van der Waals surface area contributed by atoms with Gasteiger partial charge >= 0.3 is 0 Å². The van der Waals surface area contributed by atoms with Crippen molar-refractivity contribution in [2.45, 2.75) is 18.9 Å². The molecule has 0 aromatic heterocycles. The highest BCUT2D eigenvalue weighted by molar-refractivity contribution is 5.65. The lowest BCUT2D eigenvalue weighted by Crippen LogP contribution is -2.33. The van der Waals surface area contributed by atoms with Crippen molar-refractivity contribution in [3.8, 4) is 0 Å². The molecule has 0 unspecified atom stereocenters. The van der Waals surface area contributed by atoms with Gasteiger partial charge in [-0.3, -0.25) is 10.1 Å². The Labute approximate surface area is 98.6 Å². The first kappa shape index (κ1) is 11.7. The summed E-state index contributed by atoms with van der Waals surface area (Å²) in [5.41, 5.74) is 6.43. The van der Waals surface area contributed by atoms with E-state index in [9.17, 15) is 10.1 Å². The summed E-state index contributed by atoms with van der Waals surface area (Å²) in [4.78, 5) is 10.1. The van der Waals surface area contributed by atoms with Crippen LogP contribution in [-0.2, 0) is 0 Å². The second-order valence-corrected chi connectivity index (χ2v) is 4.40. The first-order valence-electron chi connectivity index (χ1n) is 5.52. The van der Waals surface area contributed by atoms with Gasteiger partial charge in [0, 0.05) is 18.3 Å². The molecule has 4 N–H and O–H groups in total. The number of aliphatic hydroxyl groups is 1. The third kappa shape index (κ3) is 2.65. The summed E-state index contributed by atoms with van der Waals surface area (Å²) in [5, 5.41) is 22.9. The smallest absolute Gasteiger partial charge is 0.292 e. The third-order valence-electron chi connectivity index (χ3n) is 3.03. The van der Waals surface area contributed by atoms with E-state index in [1.807, 2.05) is 0 Å². The Bertz CT molecular complexity index is 430. The highest BCUT2D eigenvalue weighted by atomic mass is 16.6. The molecular formula is C11H15N3O3. The van der Waals surface area contributed by atoms with E-state index in [0.29, 0.717) is 5.92 Å². The zero-order valence-corrected chi connectivity index (χ0v) is 9.30. The molecule has 2 rings (SSSR count). The van der Waals surface area contributed by atoms with E-state index < -0.39 is 4.92 Å². The first-order valence-corrected chi connectivity index (χ1v) is 5.52. The summed E-state index contributed by atoms with van der Waals surface area (Å²) in [6, 6.07) is 4.60. The zero-order valence-electron chi connectivity index (χ0n) is 9.30. The Morgan fingerprint density at radius 3 is 2.76 bits per heavy atom. The van der Waals surface area contributed by atoms with Crippen LogP contribution < -0.4 is 11.1 Å². The fourth-order valence-corrected chi connectivity index (χ4v) is 1.96. The number of anilines is 2. The fourth-order valence-electron chi connectivity index (χ4n) is 1.96. The molecule has 1 saturated carbocycles. The number of nitro groups is 1. The number of nitro benzene ring substituents is 1. The van der Waals surface area contributed by atoms with Gasteiger partial charge in [-0.1, -0.05) is 0 Å². The average Bonchev–Trinajstić information content (AvgIpc) is 2.22. The number of nitrogens with one attached hydrogen (secondary N) is 1. The number of hydrogen-bond donors (Lipinski definition) is 3. The highest BCUT2D eigenvalue weighted by Crippen LogP contribution is 2.29. The van der Waals surface area contributed by atoms with Crippen LogP contribution in [0.2, 0.25) is 0 Å². The van der Waals surface area contributed by atoms with Crippen LogP contribution in [0.5, 0.6) is 0 Å². The van der Waals surface area contributed by atoms with Gasteiger partial charge in [-0.15, -0.1) is 0 Å². The number of nitrogen functional groups attached to an aromatic ring is 1. The Morgan fingerprint density at radius 1 is 1.53 bits per heavy atom. The molecule has 6 nitrogen and oxygen atoms in total. The van der Waals surface area contributed by atoms with Gasteiger partial charge in [-0.2, -0.15) is 0 Å². The lowest BCUT2D eigenvalue weighted by Gasteiger charge is -2.31. The van der Waals surface area contributed by atoms with Gasteiger partial charge in [0.1, 0.15) is 5.69 Å². The topological polar surface area (TPSA) is 101 Å². The predicted octanol–water partition coefficient (Wildman–Crippen LogP) is 1.36. The quantitative estimate of drug-likeness (QED) is 0.417. The Morgan fingerprint density at radius 2 is 2.24 bits per heavy atom. The van der Waals surface area contributed by atoms with Crippen LogP contribution in [0.15, 0.2) is 18.2 Å². The van der Waals surface area contributed by atoms with Crippen molar-refractivity contribution in [2.24, 2.45) is 5.92 Å². The summed E-state index contributed by atoms with van der Waals surface area (Å²) in [6.07, 6.45) is 1.47. The maximum atomic E-state index is 10.6. The van der Waals surface area contributed by atoms with E-state index in [1.165, 1.54) is 6.07 Å². The number of aliphatic hydroxyl groups excluding tert-OH is 1. The SMILES string of the molecule is Nc1cc(NCC2CC(O)C2)ccc1[N+](=O)[O-]. The molecule has 92 valence electrons. The van der Waals surface area contributed by atoms with E-state index in [-0.39, 0.29) is 17.5 Å². The van der Waals surface area contributed by atoms with Crippen LogP contribution in [0.1, 0.15) is 12.8 Å². The highest BCUT2D eigenvalue weighted by Gasteiger charge is 2.26. The third-order valence-corrected chi connectivity index (χ3v) is 3.03. The molecule has 0 atom stereocenters. The maximum absolute atomic E-state index is 10.6. The minimum Gasteiger partial charge on any atom is -0.393 e. The zero-order chi connectivity index (χ0) is 12.4. The van der Waals surface area contributed by atoms with Gasteiger partial charge < -0.3 is 16.2 Å². The molecule has 6 heteroatoms. The Balaban J connectivity index is 1.93. The standard InChI is InChI=1S/C11H15N3O3/c12-10-5-8(1-2-11(10)14(16)17)13-6-7-3-9(15)4-7/h1-2,5,7,9,13,15H,3-4,6,12H2. The molecule has 0 bridgehead atoms. The van der Waals surface area contributed by atoms with Crippen molar-refractivity contribution in [2.75, 3.05) is 17.6 Å². The molecule has 1 fully saturated rings.